The van der Waals surface area contributed by atoms with E-state index in [0.29, 0.717) is 0 Å². The molecule has 1 heterocycles. The Bertz CT molecular complexity index is 264. The first-order chi connectivity index (χ1) is 5.13. The molecule has 0 fully saturated rings. The van der Waals surface area contributed by atoms with E-state index in [0.717, 1.165) is 12.3 Å². The van der Waals surface area contributed by atoms with Crippen LogP contribution in [0.25, 0.3) is 0 Å². The summed E-state index contributed by atoms with van der Waals surface area (Å²) in [5.74, 6) is -1.07. The zero-order valence-electron chi connectivity index (χ0n) is 5.19. The van der Waals surface area contributed by atoms with Crippen LogP contribution in [0.4, 0.5) is 13.2 Å². The third-order valence-corrected chi connectivity index (χ3v) is 1.49. The van der Waals surface area contributed by atoms with Gasteiger partial charge in [0.1, 0.15) is 5.02 Å². The summed E-state index contributed by atoms with van der Waals surface area (Å²) in [5.41, 5.74) is -0.529. The number of pyridine rings is 1. The van der Waals surface area contributed by atoms with E-state index >= 15 is 0 Å². The standard InChI is InChI=1S/C6H3ClF3N/c7-4-3(5(8)9)1-2-11-6(4)10/h1-2,5H. The molecular weight excluding hydrogens is 179 g/mol. The fraction of sp³-hybridized carbons (Fsp3) is 0.167. The largest absolute Gasteiger partial charge is 0.265 e. The molecule has 0 aliphatic rings. The van der Waals surface area contributed by atoms with E-state index < -0.39 is 23.0 Å². The summed E-state index contributed by atoms with van der Waals surface area (Å²) >= 11 is 5.17. The van der Waals surface area contributed by atoms with Crippen molar-refractivity contribution in [1.82, 2.24) is 4.98 Å². The van der Waals surface area contributed by atoms with Gasteiger partial charge in [0.15, 0.2) is 0 Å². The van der Waals surface area contributed by atoms with Gasteiger partial charge in [-0.15, -0.1) is 0 Å². The minimum Gasteiger partial charge on any atom is -0.227 e. The molecule has 0 aliphatic heterocycles. The Morgan fingerprint density at radius 2 is 2.09 bits per heavy atom. The molecule has 1 aromatic heterocycles. The van der Waals surface area contributed by atoms with Crippen molar-refractivity contribution in [1.29, 1.82) is 0 Å². The van der Waals surface area contributed by atoms with Gasteiger partial charge in [-0.25, -0.2) is 13.8 Å². The van der Waals surface area contributed by atoms with Crippen LogP contribution in [0.3, 0.4) is 0 Å². The number of nitrogens with zero attached hydrogens (tertiary/aromatic N) is 1. The van der Waals surface area contributed by atoms with Crippen molar-refractivity contribution in [3.63, 3.8) is 0 Å². The van der Waals surface area contributed by atoms with Gasteiger partial charge in [-0.2, -0.15) is 4.39 Å². The number of rotatable bonds is 1. The highest BCUT2D eigenvalue weighted by atomic mass is 35.5. The molecule has 1 aromatic rings. The minimum absolute atomic E-state index is 0.529. The Kier molecular flexibility index (Phi) is 2.34. The molecule has 0 radical (unpaired) electrons. The van der Waals surface area contributed by atoms with Crippen LogP contribution in [0.1, 0.15) is 12.0 Å². The van der Waals surface area contributed by atoms with Gasteiger partial charge in [-0.1, -0.05) is 11.6 Å². The average Bonchev–Trinajstić information content (AvgIpc) is 1.94. The maximum atomic E-state index is 12.4. The zero-order valence-corrected chi connectivity index (χ0v) is 5.95. The minimum atomic E-state index is -2.76. The first kappa shape index (κ1) is 8.33. The lowest BCUT2D eigenvalue weighted by Gasteiger charge is -2.00. The fourth-order valence-electron chi connectivity index (χ4n) is 0.600. The molecule has 0 aliphatic carbocycles. The second-order valence-corrected chi connectivity index (χ2v) is 2.18. The Hall–Kier alpha value is -0.770. The molecule has 0 spiro atoms. The quantitative estimate of drug-likeness (QED) is 0.607. The first-order valence-corrected chi connectivity index (χ1v) is 3.08. The van der Waals surface area contributed by atoms with Gasteiger partial charge in [0.2, 0.25) is 5.95 Å². The van der Waals surface area contributed by atoms with E-state index in [1.54, 1.807) is 0 Å². The lowest BCUT2D eigenvalue weighted by molar-refractivity contribution is 0.151. The summed E-state index contributed by atoms with van der Waals surface area (Å²) in [6.07, 6.45) is -1.82. The molecule has 1 nitrogen and oxygen atoms in total. The van der Waals surface area contributed by atoms with E-state index in [1.807, 2.05) is 0 Å². The number of hydrogen-bond donors (Lipinski definition) is 0. The predicted octanol–water partition coefficient (Wildman–Crippen LogP) is 2.81. The maximum absolute atomic E-state index is 12.4. The van der Waals surface area contributed by atoms with Crippen molar-refractivity contribution in [2.24, 2.45) is 0 Å². The normalized spacial score (nSPS) is 10.6. The lowest BCUT2D eigenvalue weighted by atomic mass is 10.3. The molecule has 0 bridgehead atoms. The molecule has 0 amide bonds. The van der Waals surface area contributed by atoms with Crippen molar-refractivity contribution in [3.8, 4) is 0 Å². The van der Waals surface area contributed by atoms with Crippen molar-refractivity contribution < 1.29 is 13.2 Å². The van der Waals surface area contributed by atoms with E-state index in [9.17, 15) is 13.2 Å². The number of aromatic nitrogens is 1. The van der Waals surface area contributed by atoms with Crippen LogP contribution in [-0.4, -0.2) is 4.98 Å². The average molecular weight is 182 g/mol. The van der Waals surface area contributed by atoms with Gasteiger partial charge in [0, 0.05) is 11.8 Å². The van der Waals surface area contributed by atoms with Crippen molar-refractivity contribution in [2.75, 3.05) is 0 Å². The van der Waals surface area contributed by atoms with E-state index in [1.165, 1.54) is 0 Å². The first-order valence-electron chi connectivity index (χ1n) is 2.71. The second-order valence-electron chi connectivity index (χ2n) is 1.81. The summed E-state index contributed by atoms with van der Waals surface area (Å²) in [6, 6.07) is 0.982. The van der Waals surface area contributed by atoms with Gasteiger partial charge >= 0.3 is 0 Å². The summed E-state index contributed by atoms with van der Waals surface area (Å²) in [7, 11) is 0. The molecule has 60 valence electrons. The third kappa shape index (κ3) is 1.63. The molecule has 1 rings (SSSR count). The number of hydrogen-bond acceptors (Lipinski definition) is 1. The Balaban J connectivity index is 3.17. The van der Waals surface area contributed by atoms with E-state index in [2.05, 4.69) is 4.98 Å². The van der Waals surface area contributed by atoms with Gasteiger partial charge < -0.3 is 0 Å². The zero-order chi connectivity index (χ0) is 8.43. The van der Waals surface area contributed by atoms with Gasteiger partial charge in [0.25, 0.3) is 6.43 Å². The SMILES string of the molecule is Fc1nccc(C(F)F)c1Cl. The Morgan fingerprint density at radius 1 is 1.45 bits per heavy atom. The van der Waals surface area contributed by atoms with Crippen LogP contribution < -0.4 is 0 Å². The van der Waals surface area contributed by atoms with Gasteiger partial charge in [-0.05, 0) is 6.07 Å². The topological polar surface area (TPSA) is 12.9 Å². The van der Waals surface area contributed by atoms with Crippen molar-refractivity contribution in [2.45, 2.75) is 6.43 Å². The molecule has 0 unspecified atom stereocenters. The Morgan fingerprint density at radius 3 is 2.55 bits per heavy atom. The molecule has 0 saturated carbocycles. The monoisotopic (exact) mass is 181 g/mol. The van der Waals surface area contributed by atoms with Crippen LogP contribution in [0.2, 0.25) is 5.02 Å². The predicted molar refractivity (Wildman–Crippen MR) is 34.2 cm³/mol. The van der Waals surface area contributed by atoms with Crippen molar-refractivity contribution in [3.05, 3.63) is 28.8 Å². The highest BCUT2D eigenvalue weighted by Crippen LogP contribution is 2.27. The van der Waals surface area contributed by atoms with Crippen LogP contribution in [0.5, 0.6) is 0 Å². The van der Waals surface area contributed by atoms with Crippen LogP contribution in [-0.2, 0) is 0 Å². The van der Waals surface area contributed by atoms with E-state index in [4.69, 9.17) is 11.6 Å². The van der Waals surface area contributed by atoms with Crippen molar-refractivity contribution >= 4 is 11.6 Å². The maximum Gasteiger partial charge on any atom is 0.265 e. The van der Waals surface area contributed by atoms with Crippen LogP contribution >= 0.6 is 11.6 Å². The summed E-state index contributed by atoms with van der Waals surface area (Å²) in [6.45, 7) is 0. The van der Waals surface area contributed by atoms with Gasteiger partial charge in [0.05, 0.1) is 0 Å². The second kappa shape index (κ2) is 3.09. The summed E-state index contributed by atoms with van der Waals surface area (Å²) in [4.78, 5) is 3.09. The number of alkyl halides is 2. The Labute approximate surface area is 65.8 Å². The lowest BCUT2D eigenvalue weighted by Crippen LogP contribution is -1.91. The fourth-order valence-corrected chi connectivity index (χ4v) is 0.795. The number of halogens is 4. The van der Waals surface area contributed by atoms with Crippen LogP contribution in [0, 0.1) is 5.95 Å². The highest BCUT2D eigenvalue weighted by molar-refractivity contribution is 6.31. The molecule has 0 atom stereocenters. The molecule has 0 N–H and O–H groups in total. The van der Waals surface area contributed by atoms with Gasteiger partial charge in [-0.3, -0.25) is 0 Å². The molecule has 5 heteroatoms. The molecular formula is C6H3ClF3N. The molecule has 0 saturated heterocycles. The highest BCUT2D eigenvalue weighted by Gasteiger charge is 2.14. The van der Waals surface area contributed by atoms with Crippen LogP contribution in [0.15, 0.2) is 12.3 Å². The molecule has 11 heavy (non-hydrogen) atoms. The smallest absolute Gasteiger partial charge is 0.227 e. The summed E-state index contributed by atoms with van der Waals surface area (Å²) < 4.78 is 36.2. The molecule has 0 aromatic carbocycles. The van der Waals surface area contributed by atoms with E-state index in [-0.39, 0.29) is 0 Å². The third-order valence-electron chi connectivity index (χ3n) is 1.11. The summed E-state index contributed by atoms with van der Waals surface area (Å²) in [5, 5.41) is -0.609.